The number of nitriles is 1. The number of benzene rings is 2. The Hall–Kier alpha value is -3.85. The zero-order valence-corrected chi connectivity index (χ0v) is 16.3. The summed E-state index contributed by atoms with van der Waals surface area (Å²) in [6, 6.07) is 16.8. The number of carbonyl (C=O) groups excluding carboxylic acids is 2. The summed E-state index contributed by atoms with van der Waals surface area (Å²) in [4.78, 5) is 24.5. The van der Waals surface area contributed by atoms with E-state index in [1.54, 1.807) is 29.8 Å². The maximum atomic E-state index is 12.6. The number of aryl methyl sites for hydroxylation is 1. The highest BCUT2D eigenvalue weighted by Gasteiger charge is 2.14. The largest absolute Gasteiger partial charge is 0.465 e. The van der Waals surface area contributed by atoms with E-state index >= 15 is 0 Å². The molecule has 0 saturated carbocycles. The van der Waals surface area contributed by atoms with Gasteiger partial charge < -0.3 is 14.6 Å². The van der Waals surface area contributed by atoms with Gasteiger partial charge in [0.2, 0.25) is 0 Å². The fourth-order valence-electron chi connectivity index (χ4n) is 3.01. The lowest BCUT2D eigenvalue weighted by atomic mass is 10.1. The summed E-state index contributed by atoms with van der Waals surface area (Å²) in [7, 11) is 0. The van der Waals surface area contributed by atoms with Gasteiger partial charge in [0.15, 0.2) is 0 Å². The number of rotatable bonds is 6. The van der Waals surface area contributed by atoms with Crippen LogP contribution in [0.2, 0.25) is 0 Å². The fraction of sp³-hybridized carbons (Fsp3) is 0.174. The zero-order chi connectivity index (χ0) is 20.8. The topological polar surface area (TPSA) is 84.1 Å². The first-order valence-corrected chi connectivity index (χ1v) is 9.25. The minimum atomic E-state index is -0.487. The van der Waals surface area contributed by atoms with Crippen molar-refractivity contribution in [1.82, 2.24) is 4.57 Å². The molecule has 29 heavy (non-hydrogen) atoms. The van der Waals surface area contributed by atoms with E-state index < -0.39 is 5.91 Å². The van der Waals surface area contributed by atoms with Crippen LogP contribution < -0.4 is 5.32 Å². The Morgan fingerprint density at radius 1 is 1.17 bits per heavy atom. The maximum Gasteiger partial charge on any atom is 0.325 e. The number of anilines is 1. The molecule has 6 nitrogen and oxygen atoms in total. The second kappa shape index (κ2) is 8.89. The number of hydrogen-bond donors (Lipinski definition) is 1. The van der Waals surface area contributed by atoms with Crippen molar-refractivity contribution in [2.45, 2.75) is 20.4 Å². The molecule has 2 aromatic carbocycles. The van der Waals surface area contributed by atoms with Crippen LogP contribution in [0.5, 0.6) is 0 Å². The van der Waals surface area contributed by atoms with Gasteiger partial charge in [0.1, 0.15) is 18.2 Å². The molecule has 0 aliphatic carbocycles. The molecular formula is C23H21N3O3. The SMILES string of the molecule is CCOC(=O)Cn1cc(C=C(C#N)C(=O)Nc2ccc(C)cc2)c2ccccc21. The van der Waals surface area contributed by atoms with E-state index in [2.05, 4.69) is 5.32 Å². The molecule has 1 aromatic heterocycles. The minimum Gasteiger partial charge on any atom is -0.465 e. The Morgan fingerprint density at radius 3 is 2.59 bits per heavy atom. The monoisotopic (exact) mass is 387 g/mol. The number of nitrogens with zero attached hydrogens (tertiary/aromatic N) is 2. The molecule has 0 unspecified atom stereocenters. The molecule has 3 rings (SSSR count). The van der Waals surface area contributed by atoms with Crippen LogP contribution in [0.3, 0.4) is 0 Å². The van der Waals surface area contributed by atoms with Gasteiger partial charge in [0.25, 0.3) is 5.91 Å². The molecule has 0 aliphatic rings. The Labute approximate surface area is 169 Å². The number of amides is 1. The predicted octanol–water partition coefficient (Wildman–Crippen LogP) is 4.06. The molecule has 0 saturated heterocycles. The van der Waals surface area contributed by atoms with Crippen molar-refractivity contribution in [2.75, 3.05) is 11.9 Å². The highest BCUT2D eigenvalue weighted by atomic mass is 16.5. The molecule has 0 fully saturated rings. The van der Waals surface area contributed by atoms with Crippen LogP contribution in [-0.4, -0.2) is 23.1 Å². The molecule has 3 aromatic rings. The van der Waals surface area contributed by atoms with Crippen molar-refractivity contribution in [3.63, 3.8) is 0 Å². The Morgan fingerprint density at radius 2 is 1.90 bits per heavy atom. The molecular weight excluding hydrogens is 366 g/mol. The zero-order valence-electron chi connectivity index (χ0n) is 16.3. The van der Waals surface area contributed by atoms with Gasteiger partial charge in [0.05, 0.1) is 6.61 Å². The lowest BCUT2D eigenvalue weighted by molar-refractivity contribution is -0.143. The molecule has 1 amide bonds. The minimum absolute atomic E-state index is 0.0235. The molecule has 0 spiro atoms. The third-order valence-electron chi connectivity index (χ3n) is 4.40. The van der Waals surface area contributed by atoms with E-state index in [9.17, 15) is 14.9 Å². The molecule has 0 radical (unpaired) electrons. The van der Waals surface area contributed by atoms with Crippen LogP contribution in [0.4, 0.5) is 5.69 Å². The number of carbonyl (C=O) groups is 2. The predicted molar refractivity (Wildman–Crippen MR) is 112 cm³/mol. The first-order chi connectivity index (χ1) is 14.0. The van der Waals surface area contributed by atoms with Gasteiger partial charge in [-0.3, -0.25) is 9.59 Å². The highest BCUT2D eigenvalue weighted by Crippen LogP contribution is 2.24. The Kier molecular flexibility index (Phi) is 6.10. The van der Waals surface area contributed by atoms with Crippen molar-refractivity contribution in [2.24, 2.45) is 0 Å². The van der Waals surface area contributed by atoms with Gasteiger partial charge in [-0.15, -0.1) is 0 Å². The first-order valence-electron chi connectivity index (χ1n) is 9.25. The van der Waals surface area contributed by atoms with Crippen LogP contribution >= 0.6 is 0 Å². The molecule has 0 atom stereocenters. The van der Waals surface area contributed by atoms with Gasteiger partial charge in [-0.05, 0) is 38.1 Å². The summed E-state index contributed by atoms with van der Waals surface area (Å²) in [5.41, 5.74) is 3.17. The summed E-state index contributed by atoms with van der Waals surface area (Å²) in [6.07, 6.45) is 3.28. The summed E-state index contributed by atoms with van der Waals surface area (Å²) in [5, 5.41) is 13.1. The number of fused-ring (bicyclic) bond motifs is 1. The van der Waals surface area contributed by atoms with E-state index in [0.29, 0.717) is 17.9 Å². The van der Waals surface area contributed by atoms with E-state index in [4.69, 9.17) is 4.74 Å². The van der Waals surface area contributed by atoms with E-state index in [1.807, 2.05) is 49.4 Å². The normalized spacial score (nSPS) is 11.1. The van der Waals surface area contributed by atoms with Crippen LogP contribution in [0.15, 0.2) is 60.3 Å². The van der Waals surface area contributed by atoms with Gasteiger partial charge in [-0.2, -0.15) is 5.26 Å². The van der Waals surface area contributed by atoms with Gasteiger partial charge in [0, 0.05) is 28.4 Å². The van der Waals surface area contributed by atoms with Crippen molar-refractivity contribution >= 4 is 34.5 Å². The van der Waals surface area contributed by atoms with Crippen LogP contribution in [-0.2, 0) is 20.9 Å². The van der Waals surface area contributed by atoms with Crippen molar-refractivity contribution in [1.29, 1.82) is 5.26 Å². The van der Waals surface area contributed by atoms with Crippen LogP contribution in [0.25, 0.3) is 17.0 Å². The summed E-state index contributed by atoms with van der Waals surface area (Å²) < 4.78 is 6.78. The quantitative estimate of drug-likeness (QED) is 0.393. The number of nitrogens with one attached hydrogen (secondary N) is 1. The van der Waals surface area contributed by atoms with Crippen molar-refractivity contribution in [3.05, 3.63) is 71.4 Å². The number of para-hydroxylation sites is 1. The van der Waals surface area contributed by atoms with E-state index in [1.165, 1.54) is 6.08 Å². The smallest absolute Gasteiger partial charge is 0.325 e. The summed E-state index contributed by atoms with van der Waals surface area (Å²) in [6.45, 7) is 4.08. The number of ether oxygens (including phenoxy) is 1. The van der Waals surface area contributed by atoms with Crippen LogP contribution in [0, 0.1) is 18.3 Å². The van der Waals surface area contributed by atoms with Crippen LogP contribution in [0.1, 0.15) is 18.1 Å². The Bertz CT molecular complexity index is 1120. The number of hydrogen-bond acceptors (Lipinski definition) is 4. The average molecular weight is 387 g/mol. The number of aromatic nitrogens is 1. The standard InChI is InChI=1S/C23H21N3O3/c1-3-29-22(27)15-26-14-18(20-6-4-5-7-21(20)26)12-17(13-24)23(28)25-19-10-8-16(2)9-11-19/h4-12,14H,3,15H2,1-2H3,(H,25,28). The van der Waals surface area contributed by atoms with Crippen molar-refractivity contribution < 1.29 is 14.3 Å². The summed E-state index contributed by atoms with van der Waals surface area (Å²) >= 11 is 0. The van der Waals surface area contributed by atoms with Gasteiger partial charge in [-0.25, -0.2) is 0 Å². The third kappa shape index (κ3) is 4.71. The molecule has 0 bridgehead atoms. The highest BCUT2D eigenvalue weighted by molar-refractivity contribution is 6.10. The fourth-order valence-corrected chi connectivity index (χ4v) is 3.01. The number of esters is 1. The third-order valence-corrected chi connectivity index (χ3v) is 4.40. The van der Waals surface area contributed by atoms with E-state index in [-0.39, 0.29) is 18.1 Å². The van der Waals surface area contributed by atoms with Crippen molar-refractivity contribution in [3.8, 4) is 6.07 Å². The second-order valence-corrected chi connectivity index (χ2v) is 6.52. The average Bonchev–Trinajstić information content (AvgIpc) is 3.05. The lowest BCUT2D eigenvalue weighted by Crippen LogP contribution is -2.13. The lowest BCUT2D eigenvalue weighted by Gasteiger charge is -2.04. The molecule has 146 valence electrons. The molecule has 1 heterocycles. The van der Waals surface area contributed by atoms with Gasteiger partial charge in [-0.1, -0.05) is 35.9 Å². The van der Waals surface area contributed by atoms with Gasteiger partial charge >= 0.3 is 5.97 Å². The van der Waals surface area contributed by atoms with E-state index in [0.717, 1.165) is 16.5 Å². The molecule has 0 aliphatic heterocycles. The molecule has 1 N–H and O–H groups in total. The molecule has 6 heteroatoms. The summed E-state index contributed by atoms with van der Waals surface area (Å²) in [5.74, 6) is -0.833. The first kappa shape index (κ1) is 19.9. The second-order valence-electron chi connectivity index (χ2n) is 6.52. The Balaban J connectivity index is 1.92. The maximum absolute atomic E-state index is 12.6.